The molecule has 3 rings (SSSR count). The molecule has 2 aliphatic heterocycles. The number of nitrogens with zero attached hydrogens (tertiary/aromatic N) is 1. The van der Waals surface area contributed by atoms with Crippen LogP contribution in [0.15, 0.2) is 22.7 Å². The molecule has 0 radical (unpaired) electrons. The van der Waals surface area contributed by atoms with Gasteiger partial charge in [-0.1, -0.05) is 12.1 Å². The molecule has 1 aromatic carbocycles. The second-order valence-corrected chi connectivity index (χ2v) is 9.36. The molecule has 1 aromatic rings. The number of nitrogens with one attached hydrogen (secondary N) is 1. The predicted octanol–water partition coefficient (Wildman–Crippen LogP) is 2.32. The minimum Gasteiger partial charge on any atom is -0.444 e. The van der Waals surface area contributed by atoms with Gasteiger partial charge >= 0.3 is 6.09 Å². The van der Waals surface area contributed by atoms with E-state index in [0.29, 0.717) is 10.2 Å². The average molecular weight is 457 g/mol. The highest BCUT2D eigenvalue weighted by Gasteiger charge is 2.59. The van der Waals surface area contributed by atoms with Crippen LogP contribution < -0.4 is 5.32 Å². The Labute approximate surface area is 171 Å². The van der Waals surface area contributed by atoms with Crippen LogP contribution >= 0.6 is 15.9 Å². The summed E-state index contributed by atoms with van der Waals surface area (Å²) in [5, 5.41) is 25.0. The molecule has 9 heteroatoms. The van der Waals surface area contributed by atoms with Gasteiger partial charge in [0.15, 0.2) is 5.60 Å². The number of aliphatic hydroxyl groups is 2. The van der Waals surface area contributed by atoms with Crippen LogP contribution in [-0.2, 0) is 19.9 Å². The molecule has 2 heterocycles. The predicted molar refractivity (Wildman–Crippen MR) is 105 cm³/mol. The highest BCUT2D eigenvalue weighted by molar-refractivity contribution is 9.10. The number of fused-ring (bicyclic) bond motifs is 1. The monoisotopic (exact) mass is 456 g/mol. The van der Waals surface area contributed by atoms with Gasteiger partial charge in [0, 0.05) is 10.0 Å². The van der Waals surface area contributed by atoms with Gasteiger partial charge in [0.1, 0.15) is 17.4 Å². The van der Waals surface area contributed by atoms with E-state index in [1.54, 1.807) is 52.8 Å². The molecule has 1 fully saturated rings. The summed E-state index contributed by atoms with van der Waals surface area (Å²) in [5.41, 5.74) is -3.47. The van der Waals surface area contributed by atoms with Crippen LogP contribution in [-0.4, -0.2) is 57.2 Å². The first-order valence-electron chi connectivity index (χ1n) is 8.96. The van der Waals surface area contributed by atoms with Crippen molar-refractivity contribution in [2.24, 2.45) is 0 Å². The van der Waals surface area contributed by atoms with Crippen LogP contribution in [0.4, 0.5) is 10.5 Å². The second-order valence-electron chi connectivity index (χ2n) is 8.50. The Hall–Kier alpha value is -1.68. The van der Waals surface area contributed by atoms with Gasteiger partial charge in [-0.25, -0.2) is 4.79 Å². The number of carbonyl (C=O) groups is 2. The van der Waals surface area contributed by atoms with Crippen LogP contribution in [0.25, 0.3) is 0 Å². The van der Waals surface area contributed by atoms with Gasteiger partial charge in [-0.15, -0.1) is 0 Å². The molecule has 3 atom stereocenters. The van der Waals surface area contributed by atoms with Gasteiger partial charge in [-0.3, -0.25) is 9.69 Å². The Kier molecular flexibility index (Phi) is 5.03. The molecule has 154 valence electrons. The van der Waals surface area contributed by atoms with Gasteiger partial charge in [-0.05, 0) is 56.6 Å². The van der Waals surface area contributed by atoms with Crippen LogP contribution in [0.5, 0.6) is 0 Å². The smallest absolute Gasteiger partial charge is 0.412 e. The highest BCUT2D eigenvalue weighted by atomic mass is 79.9. The summed E-state index contributed by atoms with van der Waals surface area (Å²) in [6, 6.07) is 3.93. The van der Waals surface area contributed by atoms with Crippen molar-refractivity contribution in [3.05, 3.63) is 28.2 Å². The summed E-state index contributed by atoms with van der Waals surface area (Å²) >= 11 is 3.33. The lowest BCUT2D eigenvalue weighted by molar-refractivity contribution is -0.154. The van der Waals surface area contributed by atoms with Crippen LogP contribution in [0.1, 0.15) is 40.2 Å². The van der Waals surface area contributed by atoms with Gasteiger partial charge in [0.05, 0.1) is 18.3 Å². The molecule has 28 heavy (non-hydrogen) atoms. The zero-order valence-electron chi connectivity index (χ0n) is 16.4. The fourth-order valence-corrected chi connectivity index (χ4v) is 4.07. The quantitative estimate of drug-likeness (QED) is 0.629. The largest absolute Gasteiger partial charge is 0.444 e. The molecule has 2 aliphatic rings. The van der Waals surface area contributed by atoms with Gasteiger partial charge in [0.25, 0.3) is 5.91 Å². The third-order valence-corrected chi connectivity index (χ3v) is 5.57. The van der Waals surface area contributed by atoms with Crippen molar-refractivity contribution in [3.8, 4) is 0 Å². The van der Waals surface area contributed by atoms with Crippen molar-refractivity contribution >= 4 is 33.6 Å². The number of ether oxygens (including phenoxy) is 2. The van der Waals surface area contributed by atoms with Gasteiger partial charge < -0.3 is 25.0 Å². The van der Waals surface area contributed by atoms with Crippen molar-refractivity contribution in [2.75, 3.05) is 11.9 Å². The number of para-hydroxylation sites is 1. The lowest BCUT2D eigenvalue weighted by atomic mass is 9.85. The topological polar surface area (TPSA) is 108 Å². The molecule has 2 amide bonds. The summed E-state index contributed by atoms with van der Waals surface area (Å²) in [6.07, 6.45) is -2.34. The molecule has 0 bridgehead atoms. The summed E-state index contributed by atoms with van der Waals surface area (Å²) < 4.78 is 11.7. The molecule has 0 spiro atoms. The van der Waals surface area contributed by atoms with Crippen molar-refractivity contribution in [1.82, 2.24) is 4.90 Å². The van der Waals surface area contributed by atoms with Crippen molar-refractivity contribution in [1.29, 1.82) is 0 Å². The maximum atomic E-state index is 12.8. The first kappa shape index (κ1) is 21.0. The minimum absolute atomic E-state index is 0.0632. The summed E-state index contributed by atoms with van der Waals surface area (Å²) in [6.45, 7) is 8.44. The Morgan fingerprint density at radius 2 is 2.07 bits per heavy atom. The van der Waals surface area contributed by atoms with E-state index in [-0.39, 0.29) is 12.2 Å². The number of halogens is 1. The third-order valence-electron chi connectivity index (χ3n) is 4.91. The van der Waals surface area contributed by atoms with Crippen molar-refractivity contribution in [2.45, 2.75) is 63.7 Å². The number of hydrogen-bond donors (Lipinski definition) is 3. The molecule has 0 saturated carbocycles. The number of carbonyl (C=O) groups excluding carboxylic acids is 2. The molecule has 0 unspecified atom stereocenters. The average Bonchev–Trinajstić information content (AvgIpc) is 3.01. The normalized spacial score (nSPS) is 27.4. The van der Waals surface area contributed by atoms with E-state index in [1.807, 2.05) is 0 Å². The summed E-state index contributed by atoms with van der Waals surface area (Å²) in [4.78, 5) is 26.7. The van der Waals surface area contributed by atoms with E-state index >= 15 is 0 Å². The Bertz CT molecular complexity index is 821. The second kappa shape index (κ2) is 6.69. The zero-order chi connectivity index (χ0) is 21.1. The van der Waals surface area contributed by atoms with Crippen molar-refractivity contribution in [3.63, 3.8) is 0 Å². The molecular formula is C19H25BrN2O6. The summed E-state index contributed by atoms with van der Waals surface area (Å²) in [5.74, 6) is -0.768. The number of rotatable bonds is 2. The first-order chi connectivity index (χ1) is 12.8. The van der Waals surface area contributed by atoms with E-state index < -0.39 is 41.1 Å². The lowest BCUT2D eigenvalue weighted by Crippen LogP contribution is -2.60. The SMILES string of the molecule is CC(C)(C)OC(=O)N1[C@@H]([C@@H](O)[C@]2(O)C(=O)Nc3c(Br)cccc32)COC1(C)C. The Morgan fingerprint density at radius 1 is 1.43 bits per heavy atom. The fourth-order valence-electron chi connectivity index (χ4n) is 3.60. The number of hydrogen-bond acceptors (Lipinski definition) is 6. The Balaban J connectivity index is 1.99. The fraction of sp³-hybridized carbons (Fsp3) is 0.579. The van der Waals surface area contributed by atoms with E-state index in [4.69, 9.17) is 9.47 Å². The highest BCUT2D eigenvalue weighted by Crippen LogP contribution is 2.45. The molecule has 3 N–H and O–H groups in total. The van der Waals surface area contributed by atoms with Crippen LogP contribution in [0, 0.1) is 0 Å². The first-order valence-corrected chi connectivity index (χ1v) is 9.75. The minimum atomic E-state index is -2.24. The maximum absolute atomic E-state index is 12.8. The standard InChI is InChI=1S/C19H25BrN2O6/c1-17(2,3)28-16(25)22-12(9-27-18(22,4)5)14(23)19(26)10-7-6-8-11(20)13(10)21-15(19)24/h6-8,12,14,23,26H,9H2,1-5H3,(H,21,24)/t12-,14-,19+/m1/s1. The number of amides is 2. The van der Waals surface area contributed by atoms with E-state index in [1.165, 1.54) is 4.90 Å². The number of anilines is 1. The van der Waals surface area contributed by atoms with Crippen LogP contribution in [0.2, 0.25) is 0 Å². The van der Waals surface area contributed by atoms with E-state index in [9.17, 15) is 19.8 Å². The lowest BCUT2D eigenvalue weighted by Gasteiger charge is -2.39. The van der Waals surface area contributed by atoms with Gasteiger partial charge in [0.2, 0.25) is 0 Å². The molecular weight excluding hydrogens is 432 g/mol. The third kappa shape index (κ3) is 3.30. The summed E-state index contributed by atoms with van der Waals surface area (Å²) in [7, 11) is 0. The molecule has 0 aromatic heterocycles. The zero-order valence-corrected chi connectivity index (χ0v) is 18.0. The van der Waals surface area contributed by atoms with E-state index in [0.717, 1.165) is 0 Å². The molecule has 1 saturated heterocycles. The van der Waals surface area contributed by atoms with Crippen molar-refractivity contribution < 1.29 is 29.3 Å². The molecule has 8 nitrogen and oxygen atoms in total. The maximum Gasteiger partial charge on any atom is 0.412 e. The van der Waals surface area contributed by atoms with Gasteiger partial charge in [-0.2, -0.15) is 0 Å². The number of aliphatic hydroxyl groups excluding tert-OH is 1. The number of benzene rings is 1. The Morgan fingerprint density at radius 3 is 2.68 bits per heavy atom. The van der Waals surface area contributed by atoms with E-state index in [2.05, 4.69) is 21.2 Å². The van der Waals surface area contributed by atoms with Crippen LogP contribution in [0.3, 0.4) is 0 Å². The molecule has 0 aliphatic carbocycles.